The van der Waals surface area contributed by atoms with E-state index in [-0.39, 0.29) is 11.7 Å². The maximum absolute atomic E-state index is 11.4. The van der Waals surface area contributed by atoms with Crippen LogP contribution in [0.15, 0.2) is 12.4 Å². The summed E-state index contributed by atoms with van der Waals surface area (Å²) in [6.45, 7) is 3.69. The second-order valence-corrected chi connectivity index (χ2v) is 3.03. The second kappa shape index (κ2) is 4.69. The second-order valence-electron chi connectivity index (χ2n) is 3.03. The van der Waals surface area contributed by atoms with Crippen LogP contribution in [-0.2, 0) is 4.79 Å². The molecule has 0 bridgehead atoms. The van der Waals surface area contributed by atoms with E-state index in [2.05, 4.69) is 9.97 Å². The van der Waals surface area contributed by atoms with Crippen molar-refractivity contribution in [2.45, 2.75) is 26.2 Å². The molecule has 4 nitrogen and oxygen atoms in total. The van der Waals surface area contributed by atoms with E-state index < -0.39 is 0 Å². The van der Waals surface area contributed by atoms with E-state index in [0.717, 1.165) is 0 Å². The van der Waals surface area contributed by atoms with E-state index >= 15 is 0 Å². The zero-order chi connectivity index (χ0) is 10.6. The van der Waals surface area contributed by atoms with Gasteiger partial charge in [-0.15, -0.1) is 0 Å². The minimum atomic E-state index is -0.183. The lowest BCUT2D eigenvalue weighted by atomic mass is 10.0. The van der Waals surface area contributed by atoms with Gasteiger partial charge in [-0.25, -0.2) is 9.97 Å². The third-order valence-corrected chi connectivity index (χ3v) is 2.15. The summed E-state index contributed by atoms with van der Waals surface area (Å²) in [7, 11) is 1.54. The summed E-state index contributed by atoms with van der Waals surface area (Å²) in [5.41, 5.74) is 0.712. The highest BCUT2D eigenvalue weighted by Gasteiger charge is 2.15. The molecule has 4 heteroatoms. The summed E-state index contributed by atoms with van der Waals surface area (Å²) < 4.78 is 4.96. The van der Waals surface area contributed by atoms with Crippen molar-refractivity contribution in [2.24, 2.45) is 0 Å². The van der Waals surface area contributed by atoms with E-state index in [1.165, 1.54) is 6.33 Å². The van der Waals surface area contributed by atoms with Crippen LogP contribution in [0.5, 0.6) is 5.88 Å². The Labute approximate surface area is 83.3 Å². The van der Waals surface area contributed by atoms with Crippen molar-refractivity contribution in [3.05, 3.63) is 18.1 Å². The van der Waals surface area contributed by atoms with Crippen molar-refractivity contribution in [3.63, 3.8) is 0 Å². The van der Waals surface area contributed by atoms with Crippen molar-refractivity contribution in [1.82, 2.24) is 9.97 Å². The van der Waals surface area contributed by atoms with Crippen molar-refractivity contribution >= 4 is 5.78 Å². The highest BCUT2D eigenvalue weighted by Crippen LogP contribution is 2.17. The maximum Gasteiger partial charge on any atom is 0.216 e. The van der Waals surface area contributed by atoms with Gasteiger partial charge in [0.25, 0.3) is 0 Å². The molecule has 0 aliphatic rings. The number of methoxy groups -OCH3 is 1. The molecule has 0 aliphatic carbocycles. The van der Waals surface area contributed by atoms with E-state index in [0.29, 0.717) is 18.0 Å². The number of Topliss-reactive ketones (excluding diaryl/α,β-unsaturated/α-hetero) is 1. The molecule has 1 heterocycles. The van der Waals surface area contributed by atoms with Crippen LogP contribution in [0, 0.1) is 0 Å². The zero-order valence-corrected chi connectivity index (χ0v) is 8.65. The van der Waals surface area contributed by atoms with Gasteiger partial charge in [-0.3, -0.25) is 4.79 Å². The Balaban J connectivity index is 2.89. The summed E-state index contributed by atoms with van der Waals surface area (Å²) in [5.74, 6) is 0.480. The minimum absolute atomic E-state index is 0.172. The van der Waals surface area contributed by atoms with Gasteiger partial charge in [-0.2, -0.15) is 0 Å². The lowest BCUT2D eigenvalue weighted by Crippen LogP contribution is -2.09. The molecule has 0 spiro atoms. The number of hydrogen-bond donors (Lipinski definition) is 0. The van der Waals surface area contributed by atoms with Crippen molar-refractivity contribution in [1.29, 1.82) is 0 Å². The molecule has 0 saturated carbocycles. The predicted molar refractivity (Wildman–Crippen MR) is 52.3 cm³/mol. The minimum Gasteiger partial charge on any atom is -0.481 e. The summed E-state index contributed by atoms with van der Waals surface area (Å²) in [4.78, 5) is 19.3. The first-order valence-electron chi connectivity index (χ1n) is 4.57. The van der Waals surface area contributed by atoms with Crippen molar-refractivity contribution in [2.75, 3.05) is 7.11 Å². The standard InChI is InChI=1S/C10H14N2O2/c1-4-9(13)7(2)8-5-10(14-3)12-6-11-8/h5-7H,4H2,1-3H3. The van der Waals surface area contributed by atoms with E-state index in [1.54, 1.807) is 13.2 Å². The Kier molecular flexibility index (Phi) is 3.56. The molecule has 14 heavy (non-hydrogen) atoms. The van der Waals surface area contributed by atoms with Gasteiger partial charge in [0.2, 0.25) is 5.88 Å². The Bertz CT molecular complexity index is 326. The topological polar surface area (TPSA) is 52.1 Å². The third kappa shape index (κ3) is 2.28. The van der Waals surface area contributed by atoms with Crippen LogP contribution in [0.4, 0.5) is 0 Å². The lowest BCUT2D eigenvalue weighted by Gasteiger charge is -2.08. The predicted octanol–water partition coefficient (Wildman–Crippen LogP) is 1.57. The first kappa shape index (κ1) is 10.6. The lowest BCUT2D eigenvalue weighted by molar-refractivity contribution is -0.119. The molecule has 76 valence electrons. The Morgan fingerprint density at radius 1 is 1.57 bits per heavy atom. The fourth-order valence-electron chi connectivity index (χ4n) is 1.17. The van der Waals surface area contributed by atoms with E-state index in [4.69, 9.17) is 4.74 Å². The monoisotopic (exact) mass is 194 g/mol. The Morgan fingerprint density at radius 2 is 2.29 bits per heavy atom. The molecular formula is C10H14N2O2. The van der Waals surface area contributed by atoms with Crippen LogP contribution in [-0.4, -0.2) is 22.9 Å². The molecule has 1 rings (SSSR count). The smallest absolute Gasteiger partial charge is 0.216 e. The number of hydrogen-bond acceptors (Lipinski definition) is 4. The first-order valence-corrected chi connectivity index (χ1v) is 4.57. The quantitative estimate of drug-likeness (QED) is 0.730. The molecular weight excluding hydrogens is 180 g/mol. The van der Waals surface area contributed by atoms with Gasteiger partial charge in [0.05, 0.1) is 18.7 Å². The van der Waals surface area contributed by atoms with E-state index in [9.17, 15) is 4.79 Å². The Morgan fingerprint density at radius 3 is 2.86 bits per heavy atom. The van der Waals surface area contributed by atoms with Gasteiger partial charge in [0.1, 0.15) is 12.1 Å². The fraction of sp³-hybridized carbons (Fsp3) is 0.500. The molecule has 1 aromatic rings. The third-order valence-electron chi connectivity index (χ3n) is 2.15. The van der Waals surface area contributed by atoms with Crippen LogP contribution in [0.1, 0.15) is 31.9 Å². The van der Waals surface area contributed by atoms with Crippen LogP contribution >= 0.6 is 0 Å². The number of ketones is 1. The van der Waals surface area contributed by atoms with Crippen molar-refractivity contribution in [3.8, 4) is 5.88 Å². The summed E-state index contributed by atoms with van der Waals surface area (Å²) in [6, 6.07) is 1.69. The zero-order valence-electron chi connectivity index (χ0n) is 8.65. The average molecular weight is 194 g/mol. The van der Waals surface area contributed by atoms with Crippen molar-refractivity contribution < 1.29 is 9.53 Å². The molecule has 0 N–H and O–H groups in total. The van der Waals surface area contributed by atoms with E-state index in [1.807, 2.05) is 13.8 Å². The number of nitrogens with zero attached hydrogens (tertiary/aromatic N) is 2. The van der Waals surface area contributed by atoms with Gasteiger partial charge in [0.15, 0.2) is 0 Å². The SMILES string of the molecule is CCC(=O)C(C)c1cc(OC)ncn1. The fourth-order valence-corrected chi connectivity index (χ4v) is 1.17. The highest BCUT2D eigenvalue weighted by molar-refractivity contribution is 5.84. The molecule has 1 unspecified atom stereocenters. The molecule has 0 amide bonds. The Hall–Kier alpha value is -1.45. The number of rotatable bonds is 4. The van der Waals surface area contributed by atoms with Crippen LogP contribution in [0.3, 0.4) is 0 Å². The van der Waals surface area contributed by atoms with Crippen LogP contribution in [0.25, 0.3) is 0 Å². The summed E-state index contributed by atoms with van der Waals surface area (Å²) in [5, 5.41) is 0. The maximum atomic E-state index is 11.4. The van der Waals surface area contributed by atoms with Gasteiger partial charge in [-0.1, -0.05) is 6.92 Å². The number of carbonyl (C=O) groups is 1. The van der Waals surface area contributed by atoms with Crippen LogP contribution in [0.2, 0.25) is 0 Å². The van der Waals surface area contributed by atoms with Gasteiger partial charge in [-0.05, 0) is 6.92 Å². The summed E-state index contributed by atoms with van der Waals surface area (Å²) >= 11 is 0. The first-order chi connectivity index (χ1) is 6.69. The molecule has 0 radical (unpaired) electrons. The molecule has 0 saturated heterocycles. The molecule has 1 aromatic heterocycles. The van der Waals surface area contributed by atoms with Gasteiger partial charge < -0.3 is 4.74 Å². The largest absolute Gasteiger partial charge is 0.481 e. The number of aromatic nitrogens is 2. The van der Waals surface area contributed by atoms with Crippen LogP contribution < -0.4 is 4.74 Å². The average Bonchev–Trinajstić information content (AvgIpc) is 2.27. The highest BCUT2D eigenvalue weighted by atomic mass is 16.5. The number of ether oxygens (including phenoxy) is 1. The normalized spacial score (nSPS) is 12.2. The molecule has 0 aliphatic heterocycles. The van der Waals surface area contributed by atoms with Gasteiger partial charge in [0, 0.05) is 12.5 Å². The van der Waals surface area contributed by atoms with Gasteiger partial charge >= 0.3 is 0 Å². The summed E-state index contributed by atoms with van der Waals surface area (Å²) in [6.07, 6.45) is 1.93. The molecule has 0 fully saturated rings. The number of carbonyl (C=O) groups excluding carboxylic acids is 1. The molecule has 1 atom stereocenters. The molecule has 0 aromatic carbocycles.